The van der Waals surface area contributed by atoms with Crippen molar-refractivity contribution >= 4 is 5.69 Å². The van der Waals surface area contributed by atoms with Crippen LogP contribution in [0.1, 0.15) is 11.9 Å². The number of hydrogen-bond donors (Lipinski definition) is 5. The normalized spacial score (nSPS) is 29.5. The van der Waals surface area contributed by atoms with Gasteiger partial charge >= 0.3 is 0 Å². The maximum absolute atomic E-state index is 10.7. The van der Waals surface area contributed by atoms with E-state index < -0.39 is 42.1 Å². The molecule has 5 N–H and O–H groups in total. The summed E-state index contributed by atoms with van der Waals surface area (Å²) in [5.74, 6) is 0.298. The number of aliphatic hydroxyl groups excluding tert-OH is 4. The summed E-state index contributed by atoms with van der Waals surface area (Å²) in [7, 11) is 0. The van der Waals surface area contributed by atoms with Gasteiger partial charge in [-0.25, -0.2) is 4.98 Å². The van der Waals surface area contributed by atoms with Crippen molar-refractivity contribution in [1.29, 1.82) is 0 Å². The van der Waals surface area contributed by atoms with E-state index in [-0.39, 0.29) is 17.3 Å². The zero-order chi connectivity index (χ0) is 18.1. The van der Waals surface area contributed by atoms with Crippen LogP contribution in [0.3, 0.4) is 0 Å². The molecule has 1 aromatic carbocycles. The van der Waals surface area contributed by atoms with E-state index in [0.717, 1.165) is 0 Å². The fourth-order valence-corrected chi connectivity index (χ4v) is 2.59. The quantitative estimate of drug-likeness (QED) is 0.337. The molecule has 25 heavy (non-hydrogen) atoms. The third-order valence-electron chi connectivity index (χ3n) is 4.00. The van der Waals surface area contributed by atoms with Gasteiger partial charge in [0.2, 0.25) is 0 Å². The molecule has 0 spiro atoms. The first-order valence-electron chi connectivity index (χ1n) is 7.40. The molecule has 1 aliphatic heterocycles. The molecule has 1 aromatic heterocycles. The van der Waals surface area contributed by atoms with E-state index in [0.29, 0.717) is 5.56 Å². The van der Waals surface area contributed by atoms with Gasteiger partial charge in [-0.3, -0.25) is 15.2 Å². The number of benzene rings is 1. The lowest BCUT2D eigenvalue weighted by Crippen LogP contribution is -2.55. The van der Waals surface area contributed by atoms with Gasteiger partial charge in [-0.1, -0.05) is 0 Å². The molecule has 1 fully saturated rings. The summed E-state index contributed by atoms with van der Waals surface area (Å²) in [6.45, 7) is -0.551. The van der Waals surface area contributed by atoms with Crippen molar-refractivity contribution in [2.24, 2.45) is 0 Å². The Morgan fingerprint density at radius 1 is 1.16 bits per heavy atom. The Balaban J connectivity index is 1.84. The molecule has 134 valence electrons. The largest absolute Gasteiger partial charge is 0.394 e. The number of nitro groups is 1. The summed E-state index contributed by atoms with van der Waals surface area (Å²) in [5, 5.41) is 56.1. The van der Waals surface area contributed by atoms with Crippen LogP contribution in [-0.4, -0.2) is 71.6 Å². The van der Waals surface area contributed by atoms with Crippen molar-refractivity contribution in [1.82, 2.24) is 15.2 Å². The second-order valence-corrected chi connectivity index (χ2v) is 5.60. The monoisotopic (exact) mass is 352 g/mol. The minimum atomic E-state index is -1.52. The highest BCUT2D eigenvalue weighted by atomic mass is 16.6. The minimum Gasteiger partial charge on any atom is -0.394 e. The number of nitrogens with one attached hydrogen (secondary N) is 1. The van der Waals surface area contributed by atoms with Crippen LogP contribution in [-0.2, 0) is 4.74 Å². The average molecular weight is 352 g/mol. The Morgan fingerprint density at radius 3 is 2.44 bits per heavy atom. The standard InChI is InChI=1S/C14H16N4O7/c19-5-8-9(20)10(21)11(22)12(25-8)14-15-13(16-17-14)6-1-3-7(4-2-6)18(23)24/h1-4,8-12,19-22H,5H2,(H,15,16,17)/t8?,9-,10?,11+,12-/m1/s1. The second kappa shape index (κ2) is 6.82. The van der Waals surface area contributed by atoms with Gasteiger partial charge in [0.15, 0.2) is 11.6 Å². The van der Waals surface area contributed by atoms with E-state index in [1.54, 1.807) is 0 Å². The van der Waals surface area contributed by atoms with E-state index >= 15 is 0 Å². The smallest absolute Gasteiger partial charge is 0.269 e. The lowest BCUT2D eigenvalue weighted by Gasteiger charge is -2.38. The number of H-pyrrole nitrogens is 1. The lowest BCUT2D eigenvalue weighted by atomic mass is 9.95. The molecule has 0 amide bonds. The van der Waals surface area contributed by atoms with E-state index in [9.17, 15) is 30.5 Å². The van der Waals surface area contributed by atoms with E-state index in [2.05, 4.69) is 15.2 Å². The van der Waals surface area contributed by atoms with Gasteiger partial charge in [0, 0.05) is 17.7 Å². The van der Waals surface area contributed by atoms with Gasteiger partial charge in [-0.15, -0.1) is 0 Å². The van der Waals surface area contributed by atoms with E-state index in [1.807, 2.05) is 0 Å². The topological polar surface area (TPSA) is 175 Å². The van der Waals surface area contributed by atoms with Crippen LogP contribution >= 0.6 is 0 Å². The Bertz CT molecular complexity index is 748. The van der Waals surface area contributed by atoms with Gasteiger partial charge < -0.3 is 25.2 Å². The Hall–Kier alpha value is -2.44. The maximum atomic E-state index is 10.7. The van der Waals surface area contributed by atoms with Crippen molar-refractivity contribution in [2.75, 3.05) is 6.61 Å². The number of aromatic nitrogens is 3. The number of ether oxygens (including phenoxy) is 1. The summed E-state index contributed by atoms with van der Waals surface area (Å²) < 4.78 is 5.38. The van der Waals surface area contributed by atoms with Crippen LogP contribution in [0.15, 0.2) is 24.3 Å². The molecule has 1 aliphatic rings. The predicted molar refractivity (Wildman–Crippen MR) is 81.2 cm³/mol. The minimum absolute atomic E-state index is 0.0755. The zero-order valence-electron chi connectivity index (χ0n) is 12.8. The van der Waals surface area contributed by atoms with Crippen molar-refractivity contribution < 1.29 is 30.1 Å². The fraction of sp³-hybridized carbons (Fsp3) is 0.429. The third-order valence-corrected chi connectivity index (χ3v) is 4.00. The first-order chi connectivity index (χ1) is 11.9. The van der Waals surface area contributed by atoms with Crippen LogP contribution in [0.25, 0.3) is 11.4 Å². The van der Waals surface area contributed by atoms with Crippen molar-refractivity contribution in [3.05, 3.63) is 40.2 Å². The fourth-order valence-electron chi connectivity index (χ4n) is 2.59. The van der Waals surface area contributed by atoms with Crippen LogP contribution in [0.5, 0.6) is 0 Å². The Morgan fingerprint density at radius 2 is 1.84 bits per heavy atom. The molecule has 2 unspecified atom stereocenters. The number of non-ortho nitro benzene ring substituents is 1. The Kier molecular flexibility index (Phi) is 4.74. The van der Waals surface area contributed by atoms with Gasteiger partial charge in [0.25, 0.3) is 5.69 Å². The first kappa shape index (κ1) is 17.4. The number of aliphatic hydroxyl groups is 4. The first-order valence-corrected chi connectivity index (χ1v) is 7.40. The Labute approximate surface area is 140 Å². The summed E-state index contributed by atoms with van der Waals surface area (Å²) in [5.41, 5.74) is 0.422. The van der Waals surface area contributed by atoms with Crippen LogP contribution in [0.2, 0.25) is 0 Å². The molecule has 2 aromatic rings. The molecular formula is C14H16N4O7. The zero-order valence-corrected chi connectivity index (χ0v) is 12.8. The van der Waals surface area contributed by atoms with Gasteiger partial charge in [-0.2, -0.15) is 5.10 Å². The van der Waals surface area contributed by atoms with Crippen LogP contribution in [0, 0.1) is 10.1 Å². The molecule has 1 saturated heterocycles. The highest BCUT2D eigenvalue weighted by Crippen LogP contribution is 2.31. The SMILES string of the molecule is O=[N+]([O-])c1ccc(-c2n[nH]c([C@@H]3OC(CO)[C@@H](O)C(O)[C@@H]3O)n2)cc1. The number of nitro benzene ring substituents is 1. The molecule has 3 rings (SSSR count). The molecule has 0 radical (unpaired) electrons. The number of nitrogens with zero attached hydrogens (tertiary/aromatic N) is 3. The van der Waals surface area contributed by atoms with Crippen LogP contribution in [0.4, 0.5) is 5.69 Å². The third kappa shape index (κ3) is 3.23. The summed E-state index contributed by atoms with van der Waals surface area (Å²) in [4.78, 5) is 14.3. The molecular weight excluding hydrogens is 336 g/mol. The van der Waals surface area contributed by atoms with Crippen LogP contribution < -0.4 is 0 Å². The molecule has 2 heterocycles. The highest BCUT2D eigenvalue weighted by molar-refractivity contribution is 5.56. The predicted octanol–water partition coefficient (Wildman–Crippen LogP) is -1.11. The molecule has 11 nitrogen and oxygen atoms in total. The highest BCUT2D eigenvalue weighted by Gasteiger charge is 2.45. The summed E-state index contributed by atoms with van der Waals surface area (Å²) in [6, 6.07) is 5.55. The molecule has 0 saturated carbocycles. The molecule has 0 aliphatic carbocycles. The second-order valence-electron chi connectivity index (χ2n) is 5.60. The van der Waals surface area contributed by atoms with Gasteiger partial charge in [0.05, 0.1) is 11.5 Å². The molecule has 5 atom stereocenters. The van der Waals surface area contributed by atoms with Gasteiger partial charge in [-0.05, 0) is 12.1 Å². The number of hydrogen-bond acceptors (Lipinski definition) is 9. The summed E-state index contributed by atoms with van der Waals surface area (Å²) >= 11 is 0. The van der Waals surface area contributed by atoms with E-state index in [4.69, 9.17) is 4.74 Å². The maximum Gasteiger partial charge on any atom is 0.269 e. The van der Waals surface area contributed by atoms with Crippen molar-refractivity contribution in [3.8, 4) is 11.4 Å². The van der Waals surface area contributed by atoms with Crippen molar-refractivity contribution in [3.63, 3.8) is 0 Å². The summed E-state index contributed by atoms with van der Waals surface area (Å²) in [6.07, 6.45) is -6.65. The van der Waals surface area contributed by atoms with Gasteiger partial charge in [0.1, 0.15) is 30.5 Å². The average Bonchev–Trinajstić information content (AvgIpc) is 3.10. The number of aromatic amines is 1. The molecule has 11 heteroatoms. The number of rotatable bonds is 4. The molecule has 0 bridgehead atoms. The van der Waals surface area contributed by atoms with Crippen molar-refractivity contribution in [2.45, 2.75) is 30.5 Å². The van der Waals surface area contributed by atoms with E-state index in [1.165, 1.54) is 24.3 Å². The lowest BCUT2D eigenvalue weighted by molar-refractivity contribution is -0.384.